The summed E-state index contributed by atoms with van der Waals surface area (Å²) in [6.45, 7) is 3.47. The Morgan fingerprint density at radius 2 is 1.62 bits per heavy atom. The fraction of sp³-hybridized carbons (Fsp3) is 0.471. The molecule has 0 unspecified atom stereocenters. The van der Waals surface area contributed by atoms with Crippen LogP contribution in [-0.2, 0) is 9.59 Å². The lowest BCUT2D eigenvalue weighted by molar-refractivity contribution is -0.134. The van der Waals surface area contributed by atoms with Gasteiger partial charge in [-0.3, -0.25) is 14.4 Å². The van der Waals surface area contributed by atoms with E-state index in [2.05, 4.69) is 0 Å². The smallest absolute Gasteiger partial charge is 0.308 e. The number of hydrogen-bond donors (Lipinski definition) is 1. The highest BCUT2D eigenvalue weighted by molar-refractivity contribution is 5.81. The van der Waals surface area contributed by atoms with Crippen LogP contribution in [0.2, 0.25) is 0 Å². The van der Waals surface area contributed by atoms with Crippen molar-refractivity contribution in [2.24, 2.45) is 5.73 Å². The lowest BCUT2D eigenvalue weighted by Gasteiger charge is -2.15. The number of hydrogen-bond acceptors (Lipinski definition) is 7. The van der Waals surface area contributed by atoms with Crippen molar-refractivity contribution in [1.29, 1.82) is 0 Å². The largest absolute Gasteiger partial charge is 0.489 e. The van der Waals surface area contributed by atoms with E-state index in [1.807, 2.05) is 0 Å². The van der Waals surface area contributed by atoms with Gasteiger partial charge in [0.25, 0.3) is 0 Å². The summed E-state index contributed by atoms with van der Waals surface area (Å²) < 4.78 is 15.7. The Labute approximate surface area is 141 Å². The Morgan fingerprint density at radius 3 is 2.21 bits per heavy atom. The third-order valence-corrected chi connectivity index (χ3v) is 3.03. The summed E-state index contributed by atoms with van der Waals surface area (Å²) in [6, 6.07) is 2.76. The predicted octanol–water partition coefficient (Wildman–Crippen LogP) is 2.25. The summed E-state index contributed by atoms with van der Waals surface area (Å²) in [6.07, 6.45) is 4.29. The predicted molar refractivity (Wildman–Crippen MR) is 87.5 cm³/mol. The minimum Gasteiger partial charge on any atom is -0.489 e. The first kappa shape index (κ1) is 19.6. The lowest BCUT2D eigenvalue weighted by Crippen LogP contribution is -2.10. The maximum atomic E-state index is 11.3. The highest BCUT2D eigenvalue weighted by Crippen LogP contribution is 2.39. The monoisotopic (exact) mass is 337 g/mol. The van der Waals surface area contributed by atoms with E-state index < -0.39 is 11.9 Å². The molecular weight excluding hydrogens is 314 g/mol. The maximum absolute atomic E-state index is 11.3. The molecule has 0 atom stereocenters. The fourth-order valence-electron chi connectivity index (χ4n) is 2.03. The number of nitrogens with two attached hydrogens (primary N) is 1. The molecule has 0 heterocycles. The third kappa shape index (κ3) is 6.78. The van der Waals surface area contributed by atoms with Crippen molar-refractivity contribution < 1.29 is 28.6 Å². The van der Waals surface area contributed by atoms with Crippen molar-refractivity contribution in [2.45, 2.75) is 39.5 Å². The molecule has 0 aliphatic heterocycles. The molecule has 0 aliphatic carbocycles. The average Bonchev–Trinajstić information content (AvgIpc) is 2.52. The van der Waals surface area contributed by atoms with Gasteiger partial charge in [0.05, 0.1) is 6.61 Å². The van der Waals surface area contributed by atoms with Crippen LogP contribution in [0.25, 0.3) is 0 Å². The van der Waals surface area contributed by atoms with Crippen molar-refractivity contribution in [1.82, 2.24) is 0 Å². The van der Waals surface area contributed by atoms with Crippen molar-refractivity contribution in [2.75, 3.05) is 13.2 Å². The van der Waals surface area contributed by atoms with Gasteiger partial charge in [-0.05, 0) is 31.5 Å². The minimum absolute atomic E-state index is 0.00902. The summed E-state index contributed by atoms with van der Waals surface area (Å²) in [5.41, 5.74) is 5.68. The number of aldehydes is 1. The molecule has 0 saturated carbocycles. The molecular formula is C17H23NO6. The SMILES string of the molecule is CC(=O)Oc1cc(C=O)cc(OCCCCCCN)c1OC(C)=O. The molecule has 7 heteroatoms. The molecule has 1 rings (SSSR count). The molecule has 0 spiro atoms. The van der Waals surface area contributed by atoms with E-state index in [1.54, 1.807) is 0 Å². The fourth-order valence-corrected chi connectivity index (χ4v) is 2.03. The maximum Gasteiger partial charge on any atom is 0.308 e. The van der Waals surface area contributed by atoms with Crippen LogP contribution in [0.15, 0.2) is 12.1 Å². The molecule has 0 fully saturated rings. The lowest BCUT2D eigenvalue weighted by atomic mass is 10.2. The molecule has 0 radical (unpaired) electrons. The molecule has 132 valence electrons. The number of esters is 2. The molecule has 7 nitrogen and oxygen atoms in total. The quantitative estimate of drug-likeness (QED) is 0.302. The van der Waals surface area contributed by atoms with E-state index in [-0.39, 0.29) is 22.8 Å². The second-order valence-corrected chi connectivity index (χ2v) is 5.20. The van der Waals surface area contributed by atoms with Gasteiger partial charge < -0.3 is 19.9 Å². The van der Waals surface area contributed by atoms with Crippen molar-refractivity contribution in [3.63, 3.8) is 0 Å². The van der Waals surface area contributed by atoms with Gasteiger partial charge in [-0.2, -0.15) is 0 Å². The Hall–Kier alpha value is -2.41. The molecule has 1 aromatic carbocycles. The second kappa shape index (κ2) is 10.4. The molecule has 0 saturated heterocycles. The zero-order valence-corrected chi connectivity index (χ0v) is 14.0. The molecule has 0 aromatic heterocycles. The van der Waals surface area contributed by atoms with Gasteiger partial charge in [-0.15, -0.1) is 0 Å². The van der Waals surface area contributed by atoms with Crippen molar-refractivity contribution in [3.8, 4) is 17.2 Å². The summed E-state index contributed by atoms with van der Waals surface area (Å²) in [5, 5.41) is 0. The van der Waals surface area contributed by atoms with Crippen LogP contribution in [0.4, 0.5) is 0 Å². The Morgan fingerprint density at radius 1 is 1.00 bits per heavy atom. The molecule has 0 amide bonds. The van der Waals surface area contributed by atoms with Gasteiger partial charge >= 0.3 is 11.9 Å². The first-order valence-corrected chi connectivity index (χ1v) is 7.80. The molecule has 0 bridgehead atoms. The van der Waals surface area contributed by atoms with Crippen LogP contribution in [0.3, 0.4) is 0 Å². The molecule has 1 aromatic rings. The minimum atomic E-state index is -0.598. The van der Waals surface area contributed by atoms with Gasteiger partial charge in [0.1, 0.15) is 6.29 Å². The van der Waals surface area contributed by atoms with Crippen LogP contribution in [0.5, 0.6) is 17.2 Å². The highest BCUT2D eigenvalue weighted by Gasteiger charge is 2.18. The molecule has 2 N–H and O–H groups in total. The summed E-state index contributed by atoms with van der Waals surface area (Å²) in [4.78, 5) is 33.6. The third-order valence-electron chi connectivity index (χ3n) is 3.03. The normalized spacial score (nSPS) is 10.1. The highest BCUT2D eigenvalue weighted by atomic mass is 16.6. The van der Waals surface area contributed by atoms with Crippen LogP contribution in [0, 0.1) is 0 Å². The summed E-state index contributed by atoms with van der Waals surface area (Å²) in [5.74, 6) is -1.04. The summed E-state index contributed by atoms with van der Waals surface area (Å²) in [7, 11) is 0. The van der Waals surface area contributed by atoms with Crippen LogP contribution >= 0.6 is 0 Å². The number of rotatable bonds is 10. The topological polar surface area (TPSA) is 105 Å². The van der Waals surface area contributed by atoms with Crippen LogP contribution in [0.1, 0.15) is 49.9 Å². The number of ether oxygens (including phenoxy) is 3. The van der Waals surface area contributed by atoms with Gasteiger partial charge in [0, 0.05) is 19.4 Å². The van der Waals surface area contributed by atoms with Crippen LogP contribution in [-0.4, -0.2) is 31.4 Å². The van der Waals surface area contributed by atoms with Crippen LogP contribution < -0.4 is 19.9 Å². The second-order valence-electron chi connectivity index (χ2n) is 5.20. The van der Waals surface area contributed by atoms with E-state index in [0.717, 1.165) is 25.7 Å². The first-order chi connectivity index (χ1) is 11.5. The van der Waals surface area contributed by atoms with E-state index in [0.29, 0.717) is 19.4 Å². The van der Waals surface area contributed by atoms with E-state index >= 15 is 0 Å². The zero-order chi connectivity index (χ0) is 17.9. The van der Waals surface area contributed by atoms with Gasteiger partial charge in [0.15, 0.2) is 11.5 Å². The standard InChI is InChI=1S/C17H23NO6/c1-12(20)23-16-10-14(11-19)9-15(17(16)24-13(2)21)22-8-6-4-3-5-7-18/h9-11H,3-8,18H2,1-2H3. The van der Waals surface area contributed by atoms with E-state index in [4.69, 9.17) is 19.9 Å². The number of carbonyl (C=O) groups is 3. The van der Waals surface area contributed by atoms with Crippen molar-refractivity contribution in [3.05, 3.63) is 17.7 Å². The van der Waals surface area contributed by atoms with Gasteiger partial charge in [0.2, 0.25) is 5.75 Å². The Balaban J connectivity index is 2.94. The first-order valence-electron chi connectivity index (χ1n) is 7.80. The van der Waals surface area contributed by atoms with E-state index in [1.165, 1.54) is 26.0 Å². The Bertz CT molecular complexity index is 585. The molecule has 0 aliphatic rings. The summed E-state index contributed by atoms with van der Waals surface area (Å²) >= 11 is 0. The van der Waals surface area contributed by atoms with Crippen molar-refractivity contribution >= 4 is 18.2 Å². The van der Waals surface area contributed by atoms with E-state index in [9.17, 15) is 14.4 Å². The van der Waals surface area contributed by atoms with Gasteiger partial charge in [-0.1, -0.05) is 12.8 Å². The number of benzene rings is 1. The van der Waals surface area contributed by atoms with Gasteiger partial charge in [-0.25, -0.2) is 0 Å². The average molecular weight is 337 g/mol. The zero-order valence-electron chi connectivity index (χ0n) is 14.0. The number of carbonyl (C=O) groups excluding carboxylic acids is 3. The number of unbranched alkanes of at least 4 members (excludes halogenated alkanes) is 3. The molecule has 24 heavy (non-hydrogen) atoms. The Kier molecular flexibility index (Phi) is 8.49.